The van der Waals surface area contributed by atoms with Crippen LogP contribution in [0.15, 0.2) is 30.7 Å². The summed E-state index contributed by atoms with van der Waals surface area (Å²) >= 11 is 0. The molecule has 2 aromatic heterocycles. The van der Waals surface area contributed by atoms with E-state index in [1.165, 1.54) is 4.90 Å². The second-order valence-corrected chi connectivity index (χ2v) is 9.57. The van der Waals surface area contributed by atoms with Gasteiger partial charge >= 0.3 is 0 Å². The lowest BCUT2D eigenvalue weighted by molar-refractivity contribution is -0.117. The van der Waals surface area contributed by atoms with Crippen LogP contribution in [0.3, 0.4) is 0 Å². The zero-order valence-electron chi connectivity index (χ0n) is 16.4. The Morgan fingerprint density at radius 3 is 2.72 bits per heavy atom. The first kappa shape index (κ1) is 21.4. The van der Waals surface area contributed by atoms with Crippen molar-refractivity contribution in [2.24, 2.45) is 5.92 Å². The van der Waals surface area contributed by atoms with E-state index in [1.807, 2.05) is 13.0 Å². The molecule has 0 saturated heterocycles. The molecule has 1 aliphatic rings. The number of aryl methyl sites for hydroxylation is 1. The fraction of sp³-hybridized carbons (Fsp3) is 0.526. The van der Waals surface area contributed by atoms with Gasteiger partial charge in [0.1, 0.15) is 0 Å². The van der Waals surface area contributed by atoms with Crippen LogP contribution in [0.4, 0.5) is 14.5 Å². The number of nitrogens with zero attached hydrogens (tertiary/aromatic N) is 4. The number of sulfone groups is 1. The Kier molecular flexibility index (Phi) is 6.02. The highest BCUT2D eigenvalue weighted by atomic mass is 32.2. The van der Waals surface area contributed by atoms with Gasteiger partial charge < -0.3 is 4.90 Å². The summed E-state index contributed by atoms with van der Waals surface area (Å²) in [6.07, 6.45) is 5.81. The second-order valence-electron chi connectivity index (χ2n) is 7.35. The molecule has 0 aromatic carbocycles. The van der Waals surface area contributed by atoms with Crippen molar-refractivity contribution < 1.29 is 22.0 Å². The SMILES string of the molecule is CCCc1nn(-c2cccnc2)cc1N(C)C(=O)CCS(=O)(=O)CC1CC1(F)F. The molecule has 1 unspecified atom stereocenters. The van der Waals surface area contributed by atoms with Gasteiger partial charge in [0.2, 0.25) is 5.91 Å². The highest BCUT2D eigenvalue weighted by Gasteiger charge is 2.58. The van der Waals surface area contributed by atoms with Crippen molar-refractivity contribution in [3.63, 3.8) is 0 Å². The third-order valence-electron chi connectivity index (χ3n) is 4.94. The first-order chi connectivity index (χ1) is 13.6. The number of hydrogen-bond donors (Lipinski definition) is 0. The molecular weight excluding hydrogens is 402 g/mol. The van der Waals surface area contributed by atoms with Crippen LogP contribution < -0.4 is 4.90 Å². The van der Waals surface area contributed by atoms with Crippen LogP contribution in [-0.2, 0) is 21.1 Å². The molecule has 1 fully saturated rings. The number of halogens is 2. The lowest BCUT2D eigenvalue weighted by Crippen LogP contribution is -2.29. The topological polar surface area (TPSA) is 85.2 Å². The number of carbonyl (C=O) groups excluding carboxylic acids is 1. The lowest BCUT2D eigenvalue weighted by atomic mass is 10.2. The third-order valence-corrected chi connectivity index (χ3v) is 6.68. The highest BCUT2D eigenvalue weighted by Crippen LogP contribution is 2.49. The summed E-state index contributed by atoms with van der Waals surface area (Å²) in [6.45, 7) is 1.99. The number of pyridine rings is 1. The quantitative estimate of drug-likeness (QED) is 0.615. The van der Waals surface area contributed by atoms with Crippen LogP contribution in [0.2, 0.25) is 0 Å². The molecule has 1 aliphatic carbocycles. The van der Waals surface area contributed by atoms with Crippen LogP contribution in [-0.4, -0.2) is 53.6 Å². The summed E-state index contributed by atoms with van der Waals surface area (Å²) in [6, 6.07) is 3.61. The molecule has 0 aliphatic heterocycles. The highest BCUT2D eigenvalue weighted by molar-refractivity contribution is 7.91. The molecule has 2 heterocycles. The summed E-state index contributed by atoms with van der Waals surface area (Å²) in [5.41, 5.74) is 2.05. The molecule has 1 amide bonds. The Labute approximate surface area is 168 Å². The summed E-state index contributed by atoms with van der Waals surface area (Å²) < 4.78 is 51.7. The number of rotatable bonds is 9. The Hall–Kier alpha value is -2.36. The summed E-state index contributed by atoms with van der Waals surface area (Å²) in [7, 11) is -2.15. The van der Waals surface area contributed by atoms with Gasteiger partial charge in [0.05, 0.1) is 41.0 Å². The van der Waals surface area contributed by atoms with Gasteiger partial charge in [-0.25, -0.2) is 21.9 Å². The maximum Gasteiger partial charge on any atom is 0.252 e. The monoisotopic (exact) mass is 426 g/mol. The number of anilines is 1. The zero-order valence-corrected chi connectivity index (χ0v) is 17.2. The molecule has 1 saturated carbocycles. The Morgan fingerprint density at radius 2 is 2.14 bits per heavy atom. The number of amides is 1. The molecule has 0 spiro atoms. The van der Waals surface area contributed by atoms with Crippen LogP contribution in [0.5, 0.6) is 0 Å². The van der Waals surface area contributed by atoms with Crippen LogP contribution in [0.25, 0.3) is 5.69 Å². The summed E-state index contributed by atoms with van der Waals surface area (Å²) in [5, 5.41) is 4.53. The molecular formula is C19H24F2N4O3S. The van der Waals surface area contributed by atoms with Crippen molar-refractivity contribution in [1.82, 2.24) is 14.8 Å². The normalized spacial score (nSPS) is 17.9. The van der Waals surface area contributed by atoms with E-state index in [-0.39, 0.29) is 6.42 Å². The van der Waals surface area contributed by atoms with E-state index in [4.69, 9.17) is 0 Å². The van der Waals surface area contributed by atoms with Crippen molar-refractivity contribution >= 4 is 21.4 Å². The average molecular weight is 426 g/mol. The van der Waals surface area contributed by atoms with E-state index in [1.54, 1.807) is 36.4 Å². The van der Waals surface area contributed by atoms with E-state index < -0.39 is 45.5 Å². The Morgan fingerprint density at radius 1 is 1.41 bits per heavy atom. The minimum Gasteiger partial charge on any atom is -0.312 e. The fourth-order valence-electron chi connectivity index (χ4n) is 3.10. The van der Waals surface area contributed by atoms with E-state index >= 15 is 0 Å². The Bertz CT molecular complexity index is 977. The van der Waals surface area contributed by atoms with Crippen molar-refractivity contribution in [3.8, 4) is 5.69 Å². The second kappa shape index (κ2) is 8.17. The molecule has 2 aromatic rings. The number of alkyl halides is 2. The van der Waals surface area contributed by atoms with Gasteiger partial charge in [-0.3, -0.25) is 9.78 Å². The molecule has 158 valence electrons. The predicted octanol–water partition coefficient (Wildman–Crippen LogP) is 2.64. The van der Waals surface area contributed by atoms with E-state index in [9.17, 15) is 22.0 Å². The summed E-state index contributed by atoms with van der Waals surface area (Å²) in [4.78, 5) is 18.0. The minimum absolute atomic E-state index is 0.263. The lowest BCUT2D eigenvalue weighted by Gasteiger charge is -2.17. The molecule has 0 radical (unpaired) electrons. The Balaban J connectivity index is 1.69. The standard InChI is InChI=1S/C19H24F2N4O3S/c1-3-5-16-17(12-25(23-16)15-6-4-8-22-11-15)24(2)18(26)7-9-29(27,28)13-14-10-19(14,20)21/h4,6,8,11-12,14H,3,5,7,9-10,13H2,1-2H3. The number of hydrogen-bond acceptors (Lipinski definition) is 5. The maximum absolute atomic E-state index is 13.0. The van der Waals surface area contributed by atoms with Crippen LogP contribution in [0, 0.1) is 5.92 Å². The molecule has 10 heteroatoms. The van der Waals surface area contributed by atoms with Gasteiger partial charge in [-0.1, -0.05) is 13.3 Å². The van der Waals surface area contributed by atoms with Crippen LogP contribution >= 0.6 is 0 Å². The van der Waals surface area contributed by atoms with Gasteiger partial charge in [-0.05, 0) is 18.6 Å². The van der Waals surface area contributed by atoms with Crippen molar-refractivity contribution in [2.45, 2.75) is 38.5 Å². The molecule has 0 N–H and O–H groups in total. The van der Waals surface area contributed by atoms with Crippen LogP contribution in [0.1, 0.15) is 31.9 Å². The van der Waals surface area contributed by atoms with E-state index in [2.05, 4.69) is 10.1 Å². The van der Waals surface area contributed by atoms with Gasteiger partial charge in [-0.15, -0.1) is 0 Å². The molecule has 1 atom stereocenters. The van der Waals surface area contributed by atoms with E-state index in [0.717, 1.165) is 12.1 Å². The first-order valence-corrected chi connectivity index (χ1v) is 11.3. The fourth-order valence-corrected chi connectivity index (χ4v) is 4.73. The largest absolute Gasteiger partial charge is 0.312 e. The predicted molar refractivity (Wildman–Crippen MR) is 105 cm³/mol. The summed E-state index contributed by atoms with van der Waals surface area (Å²) in [5.74, 6) is -5.42. The van der Waals surface area contributed by atoms with Crippen molar-refractivity contribution in [2.75, 3.05) is 23.5 Å². The molecule has 7 nitrogen and oxygen atoms in total. The van der Waals surface area contributed by atoms with Gasteiger partial charge in [0, 0.05) is 32.0 Å². The maximum atomic E-state index is 13.0. The van der Waals surface area contributed by atoms with Gasteiger partial charge in [-0.2, -0.15) is 5.10 Å². The van der Waals surface area contributed by atoms with E-state index in [0.29, 0.717) is 17.8 Å². The number of aromatic nitrogens is 3. The van der Waals surface area contributed by atoms with Crippen molar-refractivity contribution in [3.05, 3.63) is 36.4 Å². The average Bonchev–Trinajstić information content (AvgIpc) is 3.07. The van der Waals surface area contributed by atoms with Gasteiger partial charge in [0.15, 0.2) is 9.84 Å². The first-order valence-electron chi connectivity index (χ1n) is 9.46. The van der Waals surface area contributed by atoms with Crippen molar-refractivity contribution in [1.29, 1.82) is 0 Å². The third kappa shape index (κ3) is 5.17. The molecule has 3 rings (SSSR count). The molecule has 29 heavy (non-hydrogen) atoms. The number of carbonyl (C=O) groups is 1. The minimum atomic E-state index is -3.71. The van der Waals surface area contributed by atoms with Gasteiger partial charge in [0.25, 0.3) is 5.92 Å². The zero-order chi connectivity index (χ0) is 21.2. The smallest absolute Gasteiger partial charge is 0.252 e. The molecule has 0 bridgehead atoms.